The summed E-state index contributed by atoms with van der Waals surface area (Å²) in [6.07, 6.45) is 0. The first-order valence-corrected chi connectivity index (χ1v) is 9.83. The minimum atomic E-state index is 0.514. The molecule has 0 aliphatic rings. The number of nitrogens with zero attached hydrogens (tertiary/aromatic N) is 3. The summed E-state index contributed by atoms with van der Waals surface area (Å²) < 4.78 is 8.32. The fourth-order valence-corrected chi connectivity index (χ4v) is 3.65. The van der Waals surface area contributed by atoms with Gasteiger partial charge in [-0.05, 0) is 55.7 Å². The molecule has 0 aliphatic carbocycles. The summed E-state index contributed by atoms with van der Waals surface area (Å²) >= 11 is 0. The zero-order chi connectivity index (χ0) is 20.4. The minimum absolute atomic E-state index is 0.514. The number of nitrogens with one attached hydrogen (secondary N) is 1. The van der Waals surface area contributed by atoms with E-state index < -0.39 is 0 Å². The standard InChI is InChI=1S/C24H26N4O/c1-16-12-17(2)23-21(13-16)28(24(25-4)27-23)14-20-22(11-10-18(3)26-20)29-15-19-8-6-5-7-9-19/h5-13H,14-15H2,1-4H3,(H,25,27). The van der Waals surface area contributed by atoms with Crippen molar-refractivity contribution in [1.82, 2.24) is 14.5 Å². The second-order valence-corrected chi connectivity index (χ2v) is 7.39. The maximum atomic E-state index is 6.14. The lowest BCUT2D eigenvalue weighted by molar-refractivity contribution is 0.300. The van der Waals surface area contributed by atoms with E-state index in [1.165, 1.54) is 11.1 Å². The van der Waals surface area contributed by atoms with Gasteiger partial charge < -0.3 is 14.6 Å². The Hall–Kier alpha value is -3.34. The van der Waals surface area contributed by atoms with E-state index in [0.717, 1.165) is 39.7 Å². The number of fused-ring (bicyclic) bond motifs is 1. The molecule has 0 radical (unpaired) electrons. The van der Waals surface area contributed by atoms with Crippen LogP contribution >= 0.6 is 0 Å². The number of anilines is 1. The number of ether oxygens (including phenoxy) is 1. The average Bonchev–Trinajstić information content (AvgIpc) is 3.06. The van der Waals surface area contributed by atoms with Crippen LogP contribution in [0, 0.1) is 20.8 Å². The van der Waals surface area contributed by atoms with Crippen molar-refractivity contribution < 1.29 is 4.74 Å². The molecule has 5 heteroatoms. The van der Waals surface area contributed by atoms with Gasteiger partial charge in [-0.3, -0.25) is 4.98 Å². The van der Waals surface area contributed by atoms with E-state index in [1.54, 1.807) is 0 Å². The molecule has 5 nitrogen and oxygen atoms in total. The van der Waals surface area contributed by atoms with Crippen LogP contribution in [-0.4, -0.2) is 21.6 Å². The van der Waals surface area contributed by atoms with Gasteiger partial charge in [-0.1, -0.05) is 36.4 Å². The van der Waals surface area contributed by atoms with Crippen molar-refractivity contribution in [2.75, 3.05) is 12.4 Å². The van der Waals surface area contributed by atoms with Crippen LogP contribution in [0.3, 0.4) is 0 Å². The smallest absolute Gasteiger partial charge is 0.204 e. The third-order valence-corrected chi connectivity index (χ3v) is 5.03. The van der Waals surface area contributed by atoms with Crippen molar-refractivity contribution in [2.45, 2.75) is 33.9 Å². The predicted octanol–water partition coefficient (Wildman–Crippen LogP) is 5.03. The summed E-state index contributed by atoms with van der Waals surface area (Å²) in [7, 11) is 1.90. The van der Waals surface area contributed by atoms with Gasteiger partial charge in [-0.2, -0.15) is 0 Å². The van der Waals surface area contributed by atoms with Gasteiger partial charge in [-0.15, -0.1) is 0 Å². The highest BCUT2D eigenvalue weighted by atomic mass is 16.5. The number of aromatic nitrogens is 3. The maximum absolute atomic E-state index is 6.14. The van der Waals surface area contributed by atoms with Crippen molar-refractivity contribution in [1.29, 1.82) is 0 Å². The van der Waals surface area contributed by atoms with Crippen LogP contribution in [0.5, 0.6) is 5.75 Å². The van der Waals surface area contributed by atoms with Gasteiger partial charge >= 0.3 is 0 Å². The molecule has 4 aromatic rings. The molecule has 0 fully saturated rings. The molecule has 0 unspecified atom stereocenters. The molecule has 0 amide bonds. The first kappa shape index (κ1) is 19.0. The molecule has 1 N–H and O–H groups in total. The van der Waals surface area contributed by atoms with E-state index in [-0.39, 0.29) is 0 Å². The minimum Gasteiger partial charge on any atom is -0.487 e. The monoisotopic (exact) mass is 386 g/mol. The van der Waals surface area contributed by atoms with Crippen LogP contribution in [0.4, 0.5) is 5.95 Å². The third kappa shape index (κ3) is 3.94. The fraction of sp³-hybridized carbons (Fsp3) is 0.250. The lowest BCUT2D eigenvalue weighted by atomic mass is 10.1. The Bertz CT molecular complexity index is 1150. The molecule has 0 aliphatic heterocycles. The lowest BCUT2D eigenvalue weighted by Gasteiger charge is -2.14. The molecule has 2 aromatic carbocycles. The molecule has 0 bridgehead atoms. The highest BCUT2D eigenvalue weighted by Crippen LogP contribution is 2.27. The van der Waals surface area contributed by atoms with E-state index in [9.17, 15) is 0 Å². The Morgan fingerprint density at radius 1 is 0.966 bits per heavy atom. The van der Waals surface area contributed by atoms with Crippen molar-refractivity contribution in [3.8, 4) is 5.75 Å². The van der Waals surface area contributed by atoms with Gasteiger partial charge in [0.15, 0.2) is 0 Å². The van der Waals surface area contributed by atoms with E-state index in [4.69, 9.17) is 14.7 Å². The largest absolute Gasteiger partial charge is 0.487 e. The van der Waals surface area contributed by atoms with Gasteiger partial charge in [0.1, 0.15) is 18.1 Å². The summed E-state index contributed by atoms with van der Waals surface area (Å²) in [5.74, 6) is 1.62. The van der Waals surface area contributed by atoms with Crippen LogP contribution < -0.4 is 10.1 Å². The Morgan fingerprint density at radius 3 is 2.52 bits per heavy atom. The molecule has 0 atom stereocenters. The Balaban J connectivity index is 1.72. The summed E-state index contributed by atoms with van der Waals surface area (Å²) in [6, 6.07) is 18.5. The SMILES string of the molecule is CNc1nc2c(C)cc(C)cc2n1Cc1nc(C)ccc1OCc1ccccc1. The number of aryl methyl sites for hydroxylation is 3. The van der Waals surface area contributed by atoms with E-state index >= 15 is 0 Å². The molecular weight excluding hydrogens is 360 g/mol. The van der Waals surface area contributed by atoms with Crippen molar-refractivity contribution in [3.05, 3.63) is 82.7 Å². The number of pyridine rings is 1. The van der Waals surface area contributed by atoms with Gasteiger partial charge in [0.05, 0.1) is 17.6 Å². The van der Waals surface area contributed by atoms with E-state index in [0.29, 0.717) is 13.2 Å². The highest BCUT2D eigenvalue weighted by Gasteiger charge is 2.15. The topological polar surface area (TPSA) is 52.0 Å². The number of hydrogen-bond acceptors (Lipinski definition) is 4. The maximum Gasteiger partial charge on any atom is 0.204 e. The van der Waals surface area contributed by atoms with Crippen molar-refractivity contribution in [2.24, 2.45) is 0 Å². The second kappa shape index (κ2) is 7.95. The van der Waals surface area contributed by atoms with Gasteiger partial charge in [0, 0.05) is 12.7 Å². The van der Waals surface area contributed by atoms with Crippen molar-refractivity contribution >= 4 is 17.0 Å². The van der Waals surface area contributed by atoms with Crippen LogP contribution in [0.2, 0.25) is 0 Å². The van der Waals surface area contributed by atoms with Gasteiger partial charge in [-0.25, -0.2) is 4.98 Å². The van der Waals surface area contributed by atoms with Gasteiger partial charge in [0.25, 0.3) is 0 Å². The summed E-state index contributed by atoms with van der Waals surface area (Å²) in [4.78, 5) is 9.58. The Morgan fingerprint density at radius 2 is 1.76 bits per heavy atom. The quantitative estimate of drug-likeness (QED) is 0.505. The molecule has 29 heavy (non-hydrogen) atoms. The molecule has 0 saturated heterocycles. The van der Waals surface area contributed by atoms with Crippen LogP contribution in [0.25, 0.3) is 11.0 Å². The lowest BCUT2D eigenvalue weighted by Crippen LogP contribution is -2.09. The summed E-state index contributed by atoms with van der Waals surface area (Å²) in [5, 5.41) is 3.23. The number of imidazole rings is 1. The molecule has 0 saturated carbocycles. The van der Waals surface area contributed by atoms with Crippen LogP contribution in [0.15, 0.2) is 54.6 Å². The predicted molar refractivity (Wildman–Crippen MR) is 118 cm³/mol. The second-order valence-electron chi connectivity index (χ2n) is 7.39. The zero-order valence-corrected chi connectivity index (χ0v) is 17.4. The molecule has 148 valence electrons. The average molecular weight is 386 g/mol. The highest BCUT2D eigenvalue weighted by molar-refractivity contribution is 5.82. The van der Waals surface area contributed by atoms with Crippen LogP contribution in [0.1, 0.15) is 28.1 Å². The number of rotatable bonds is 6. The summed E-state index contributed by atoms with van der Waals surface area (Å²) in [6.45, 7) is 7.32. The number of hydrogen-bond donors (Lipinski definition) is 1. The van der Waals surface area contributed by atoms with Gasteiger partial charge in [0.2, 0.25) is 5.95 Å². The molecule has 0 spiro atoms. The molecule has 4 rings (SSSR count). The number of benzene rings is 2. The van der Waals surface area contributed by atoms with Crippen LogP contribution in [-0.2, 0) is 13.2 Å². The Kier molecular flexibility index (Phi) is 5.21. The molecular formula is C24H26N4O. The first-order chi connectivity index (χ1) is 14.0. The van der Waals surface area contributed by atoms with E-state index in [1.807, 2.05) is 44.3 Å². The zero-order valence-electron chi connectivity index (χ0n) is 17.4. The van der Waals surface area contributed by atoms with E-state index in [2.05, 4.69) is 48.0 Å². The summed E-state index contributed by atoms with van der Waals surface area (Å²) in [5.41, 5.74) is 7.51. The normalized spacial score (nSPS) is 11.0. The third-order valence-electron chi connectivity index (χ3n) is 5.03. The molecule has 2 aromatic heterocycles. The molecule has 2 heterocycles. The first-order valence-electron chi connectivity index (χ1n) is 9.83. The fourth-order valence-electron chi connectivity index (χ4n) is 3.65. The Labute approximate surface area is 171 Å². The van der Waals surface area contributed by atoms with Crippen molar-refractivity contribution in [3.63, 3.8) is 0 Å².